The first-order valence-electron chi connectivity index (χ1n) is 7.86. The van der Waals surface area contributed by atoms with Gasteiger partial charge in [-0.3, -0.25) is 4.98 Å². The molecule has 1 fully saturated rings. The lowest BCUT2D eigenvalue weighted by molar-refractivity contribution is 0.147. The van der Waals surface area contributed by atoms with Crippen molar-refractivity contribution in [2.75, 3.05) is 18.4 Å². The van der Waals surface area contributed by atoms with Gasteiger partial charge in [-0.1, -0.05) is 34.4 Å². The lowest BCUT2D eigenvalue weighted by Crippen LogP contribution is -2.50. The number of rotatable bonds is 3. The number of anilines is 1. The fourth-order valence-corrected chi connectivity index (χ4v) is 2.88. The molecule has 2 aromatic heterocycles. The second-order valence-electron chi connectivity index (χ2n) is 5.83. The van der Waals surface area contributed by atoms with Crippen LogP contribution in [0.25, 0.3) is 11.5 Å². The zero-order chi connectivity index (χ0) is 18.1. The molecular formula is C17H13Cl2N5O2. The summed E-state index contributed by atoms with van der Waals surface area (Å²) in [5.41, 5.74) is 1.24. The van der Waals surface area contributed by atoms with Gasteiger partial charge in [-0.2, -0.15) is 4.98 Å². The highest BCUT2D eigenvalue weighted by Gasteiger charge is 2.35. The minimum Gasteiger partial charge on any atom is -0.338 e. The zero-order valence-corrected chi connectivity index (χ0v) is 14.9. The largest absolute Gasteiger partial charge is 0.338 e. The molecule has 4 rings (SSSR count). The van der Waals surface area contributed by atoms with Crippen LogP contribution in [-0.4, -0.2) is 39.1 Å². The van der Waals surface area contributed by atoms with E-state index in [0.29, 0.717) is 46.2 Å². The van der Waals surface area contributed by atoms with Gasteiger partial charge in [-0.15, -0.1) is 0 Å². The Hall–Kier alpha value is -2.64. The fraction of sp³-hybridized carbons (Fsp3) is 0.176. The second-order valence-corrected chi connectivity index (χ2v) is 6.65. The molecule has 1 N–H and O–H groups in total. The van der Waals surface area contributed by atoms with Crippen molar-refractivity contribution in [1.29, 1.82) is 0 Å². The second kappa shape index (κ2) is 6.93. The number of carbonyl (C=O) groups excluding carboxylic acids is 1. The van der Waals surface area contributed by atoms with Crippen molar-refractivity contribution in [3.8, 4) is 11.5 Å². The quantitative estimate of drug-likeness (QED) is 0.729. The Bertz CT molecular complexity index is 941. The summed E-state index contributed by atoms with van der Waals surface area (Å²) in [5, 5.41) is 7.56. The van der Waals surface area contributed by atoms with Crippen LogP contribution in [0.5, 0.6) is 0 Å². The molecule has 2 amide bonds. The molecule has 0 spiro atoms. The van der Waals surface area contributed by atoms with E-state index in [4.69, 9.17) is 27.7 Å². The maximum atomic E-state index is 12.3. The normalized spacial score (nSPS) is 14.2. The van der Waals surface area contributed by atoms with Crippen LogP contribution in [-0.2, 0) is 0 Å². The fourth-order valence-electron chi connectivity index (χ4n) is 2.58. The van der Waals surface area contributed by atoms with Crippen LogP contribution in [0.15, 0.2) is 47.1 Å². The molecule has 3 heterocycles. The van der Waals surface area contributed by atoms with E-state index in [9.17, 15) is 4.79 Å². The molecule has 132 valence electrons. The number of halogens is 2. The number of hydrogen-bond acceptors (Lipinski definition) is 5. The van der Waals surface area contributed by atoms with Crippen molar-refractivity contribution in [3.63, 3.8) is 0 Å². The van der Waals surface area contributed by atoms with Crippen LogP contribution in [0.3, 0.4) is 0 Å². The highest BCUT2D eigenvalue weighted by molar-refractivity contribution is 6.42. The van der Waals surface area contributed by atoms with Crippen molar-refractivity contribution in [2.24, 2.45) is 0 Å². The summed E-state index contributed by atoms with van der Waals surface area (Å²) in [7, 11) is 0. The van der Waals surface area contributed by atoms with Gasteiger partial charge in [-0.25, -0.2) is 4.79 Å². The van der Waals surface area contributed by atoms with Crippen molar-refractivity contribution in [3.05, 3.63) is 58.5 Å². The molecule has 1 aliphatic rings. The maximum absolute atomic E-state index is 12.3. The minimum atomic E-state index is -0.218. The van der Waals surface area contributed by atoms with Crippen LogP contribution >= 0.6 is 23.2 Å². The van der Waals surface area contributed by atoms with E-state index in [-0.39, 0.29) is 11.9 Å². The third-order valence-corrected chi connectivity index (χ3v) is 4.76. The number of benzene rings is 1. The summed E-state index contributed by atoms with van der Waals surface area (Å²) in [5.74, 6) is 0.961. The average molecular weight is 390 g/mol. The van der Waals surface area contributed by atoms with Gasteiger partial charge in [0.25, 0.3) is 0 Å². The molecule has 0 bridgehead atoms. The van der Waals surface area contributed by atoms with Crippen molar-refractivity contribution in [2.45, 2.75) is 5.92 Å². The van der Waals surface area contributed by atoms with E-state index in [2.05, 4.69) is 20.4 Å². The monoisotopic (exact) mass is 389 g/mol. The number of hydrogen-bond donors (Lipinski definition) is 1. The molecule has 3 aromatic rings. The van der Waals surface area contributed by atoms with Gasteiger partial charge in [0.15, 0.2) is 0 Å². The Kier molecular flexibility index (Phi) is 4.48. The standard InChI is InChI=1S/C17H13Cl2N5O2/c18-12-5-4-11(7-13(12)19)21-17(25)24-8-10(9-24)16-22-15(23-26-16)14-3-1-2-6-20-14/h1-7,10H,8-9H2,(H,21,25). The number of nitrogens with one attached hydrogen (secondary N) is 1. The lowest BCUT2D eigenvalue weighted by Gasteiger charge is -2.36. The molecule has 7 nitrogen and oxygen atoms in total. The van der Waals surface area contributed by atoms with Crippen LogP contribution in [0.1, 0.15) is 11.8 Å². The van der Waals surface area contributed by atoms with Crippen molar-refractivity contribution >= 4 is 34.9 Å². The summed E-state index contributed by atoms with van der Waals surface area (Å²) in [6.07, 6.45) is 1.67. The minimum absolute atomic E-state index is 0.0134. The van der Waals surface area contributed by atoms with Gasteiger partial charge in [0.2, 0.25) is 11.7 Å². The zero-order valence-electron chi connectivity index (χ0n) is 13.4. The van der Waals surface area contributed by atoms with E-state index in [1.165, 1.54) is 0 Å². The number of urea groups is 1. The molecule has 1 aromatic carbocycles. The molecule has 0 unspecified atom stereocenters. The van der Waals surface area contributed by atoms with Crippen molar-refractivity contribution in [1.82, 2.24) is 20.0 Å². The van der Waals surface area contributed by atoms with E-state index in [0.717, 1.165) is 0 Å². The average Bonchev–Trinajstić information content (AvgIpc) is 3.07. The Balaban J connectivity index is 1.36. The van der Waals surface area contributed by atoms with Crippen LogP contribution in [0, 0.1) is 0 Å². The number of pyridine rings is 1. The van der Waals surface area contributed by atoms with E-state index in [1.807, 2.05) is 18.2 Å². The predicted octanol–water partition coefficient (Wildman–Crippen LogP) is 4.07. The number of nitrogens with zero attached hydrogens (tertiary/aromatic N) is 4. The van der Waals surface area contributed by atoms with Gasteiger partial charge in [0.1, 0.15) is 5.69 Å². The number of amides is 2. The van der Waals surface area contributed by atoms with Gasteiger partial charge in [-0.05, 0) is 30.3 Å². The molecule has 26 heavy (non-hydrogen) atoms. The SMILES string of the molecule is O=C(Nc1ccc(Cl)c(Cl)c1)N1CC(c2nc(-c3ccccn3)no2)C1. The van der Waals surface area contributed by atoms with E-state index in [1.54, 1.807) is 29.3 Å². The lowest BCUT2D eigenvalue weighted by atomic mass is 10.0. The van der Waals surface area contributed by atoms with E-state index < -0.39 is 0 Å². The summed E-state index contributed by atoms with van der Waals surface area (Å²) in [4.78, 5) is 22.5. The molecule has 9 heteroatoms. The summed E-state index contributed by atoms with van der Waals surface area (Å²) in [6.45, 7) is 0.994. The third-order valence-electron chi connectivity index (χ3n) is 4.02. The molecule has 1 aliphatic heterocycles. The smallest absolute Gasteiger partial charge is 0.321 e. The predicted molar refractivity (Wildman–Crippen MR) is 97.3 cm³/mol. The van der Waals surface area contributed by atoms with Gasteiger partial charge in [0.05, 0.1) is 16.0 Å². The molecule has 0 atom stereocenters. The van der Waals surface area contributed by atoms with Crippen LogP contribution in [0.4, 0.5) is 10.5 Å². The van der Waals surface area contributed by atoms with E-state index >= 15 is 0 Å². The first kappa shape index (κ1) is 16.8. The maximum Gasteiger partial charge on any atom is 0.321 e. The van der Waals surface area contributed by atoms with Gasteiger partial charge in [0, 0.05) is 25.0 Å². The topological polar surface area (TPSA) is 84.2 Å². The highest BCUT2D eigenvalue weighted by Crippen LogP contribution is 2.29. The van der Waals surface area contributed by atoms with Crippen LogP contribution in [0.2, 0.25) is 10.0 Å². The summed E-state index contributed by atoms with van der Waals surface area (Å²) in [6, 6.07) is 10.2. The molecule has 1 saturated heterocycles. The third kappa shape index (κ3) is 3.36. The Morgan fingerprint density at radius 1 is 1.19 bits per heavy atom. The van der Waals surface area contributed by atoms with Crippen LogP contribution < -0.4 is 5.32 Å². The number of likely N-dealkylation sites (tertiary alicyclic amines) is 1. The molecule has 0 radical (unpaired) electrons. The highest BCUT2D eigenvalue weighted by atomic mass is 35.5. The Morgan fingerprint density at radius 3 is 2.77 bits per heavy atom. The summed E-state index contributed by atoms with van der Waals surface area (Å²) >= 11 is 11.8. The number of aromatic nitrogens is 3. The molecule has 0 saturated carbocycles. The number of carbonyl (C=O) groups is 1. The molecular weight excluding hydrogens is 377 g/mol. The van der Waals surface area contributed by atoms with Gasteiger partial charge < -0.3 is 14.7 Å². The molecule has 0 aliphatic carbocycles. The first-order chi connectivity index (χ1) is 12.6. The van der Waals surface area contributed by atoms with Gasteiger partial charge >= 0.3 is 6.03 Å². The summed E-state index contributed by atoms with van der Waals surface area (Å²) < 4.78 is 5.31. The Labute approximate surface area is 158 Å². The first-order valence-corrected chi connectivity index (χ1v) is 8.62. The Morgan fingerprint density at radius 2 is 2.04 bits per heavy atom. The van der Waals surface area contributed by atoms with Crippen molar-refractivity contribution < 1.29 is 9.32 Å².